The van der Waals surface area contributed by atoms with Crippen molar-refractivity contribution >= 4 is 11.0 Å². The van der Waals surface area contributed by atoms with Crippen LogP contribution in [0.2, 0.25) is 0 Å². The Kier molecular flexibility index (Phi) is 9.91. The van der Waals surface area contributed by atoms with Gasteiger partial charge in [0.1, 0.15) is 58.7 Å². The first-order valence-electron chi connectivity index (χ1n) is 14.6. The number of fused-ring (bicyclic) bond motifs is 1. The molecule has 2 saturated heterocycles. The van der Waals surface area contributed by atoms with Gasteiger partial charge in [-0.1, -0.05) is 11.6 Å². The lowest BCUT2D eigenvalue weighted by molar-refractivity contribution is -0.341. The number of hydrogen-bond donors (Lipinski definition) is 7. The fourth-order valence-electron chi connectivity index (χ4n) is 5.32. The molecule has 0 saturated carbocycles. The Morgan fingerprint density at radius 3 is 2.30 bits per heavy atom. The van der Waals surface area contributed by atoms with Crippen LogP contribution in [0.25, 0.3) is 22.3 Å². The van der Waals surface area contributed by atoms with Crippen LogP contribution in [0.3, 0.4) is 0 Å². The molecular weight excluding hydrogens is 608 g/mol. The normalized spacial score (nSPS) is 29.8. The minimum absolute atomic E-state index is 0.0920. The Hall–Kier alpha value is -3.73. The molecule has 14 heteroatoms. The number of benzene rings is 2. The Morgan fingerprint density at radius 2 is 1.65 bits per heavy atom. The molecule has 1 aromatic heterocycles. The molecule has 7 N–H and O–H groups in total. The quantitative estimate of drug-likeness (QED) is 0.170. The summed E-state index contributed by atoms with van der Waals surface area (Å²) >= 11 is 0. The van der Waals surface area contributed by atoms with Gasteiger partial charge in [0.15, 0.2) is 18.2 Å². The summed E-state index contributed by atoms with van der Waals surface area (Å²) in [5.74, 6) is -0.982. The number of allylic oxidation sites excluding steroid dienone is 2. The molecule has 0 bridgehead atoms. The number of methoxy groups -OCH3 is 1. The summed E-state index contributed by atoms with van der Waals surface area (Å²) in [4.78, 5) is 14.2. The van der Waals surface area contributed by atoms with Gasteiger partial charge in [0, 0.05) is 17.2 Å². The Bertz CT molecular complexity index is 1630. The van der Waals surface area contributed by atoms with Crippen molar-refractivity contribution in [1.29, 1.82) is 0 Å². The van der Waals surface area contributed by atoms with Crippen LogP contribution in [0.1, 0.15) is 26.3 Å². The number of rotatable bonds is 8. The molecule has 0 radical (unpaired) electrons. The SMILES string of the molecule is COc1ccc(-c2oc3c(CC=C(C)C)c(O)cc(O)c3c(=O)c2O[C@H]2O[C@H](C)[C@@H](O)[C@H](O)[C@@H]2O[C@H]2OC[C@H](O)[C@@H](O)[C@@H]2O)cc1. The average Bonchev–Trinajstić information content (AvgIpc) is 3.02. The zero-order valence-corrected chi connectivity index (χ0v) is 25.6. The van der Waals surface area contributed by atoms with E-state index in [1.54, 1.807) is 24.3 Å². The summed E-state index contributed by atoms with van der Waals surface area (Å²) in [5.41, 5.74) is 0.550. The number of hydrogen-bond acceptors (Lipinski definition) is 14. The van der Waals surface area contributed by atoms with Gasteiger partial charge in [0.25, 0.3) is 0 Å². The van der Waals surface area contributed by atoms with Crippen molar-refractivity contribution in [3.63, 3.8) is 0 Å². The molecule has 0 amide bonds. The summed E-state index contributed by atoms with van der Waals surface area (Å²) < 4.78 is 34.5. The van der Waals surface area contributed by atoms with E-state index < -0.39 is 78.8 Å². The molecule has 0 unspecified atom stereocenters. The van der Waals surface area contributed by atoms with Crippen LogP contribution in [-0.4, -0.2) is 105 Å². The van der Waals surface area contributed by atoms with Crippen LogP contribution in [0.5, 0.6) is 23.0 Å². The Labute approximate surface area is 263 Å². The molecular formula is C32H38O14. The van der Waals surface area contributed by atoms with Gasteiger partial charge in [-0.05, 0) is 51.5 Å². The van der Waals surface area contributed by atoms with Crippen LogP contribution >= 0.6 is 0 Å². The van der Waals surface area contributed by atoms with E-state index in [1.165, 1.54) is 14.0 Å². The average molecular weight is 647 g/mol. The van der Waals surface area contributed by atoms with Crippen LogP contribution in [0, 0.1) is 0 Å². The molecule has 5 rings (SSSR count). The third-order valence-corrected chi connectivity index (χ3v) is 8.01. The van der Waals surface area contributed by atoms with Gasteiger partial charge in [0.05, 0.1) is 19.8 Å². The summed E-state index contributed by atoms with van der Waals surface area (Å²) in [6.07, 6.45) is -11.9. The van der Waals surface area contributed by atoms with Crippen molar-refractivity contribution < 1.29 is 63.8 Å². The second-order valence-electron chi connectivity index (χ2n) is 11.6. The smallest absolute Gasteiger partial charge is 0.239 e. The summed E-state index contributed by atoms with van der Waals surface area (Å²) in [6.45, 7) is 4.76. The highest BCUT2D eigenvalue weighted by Gasteiger charge is 2.49. The van der Waals surface area contributed by atoms with Crippen LogP contribution in [-0.2, 0) is 20.6 Å². The molecule has 2 fully saturated rings. The van der Waals surface area contributed by atoms with Gasteiger partial charge in [0.2, 0.25) is 17.5 Å². The second-order valence-corrected chi connectivity index (χ2v) is 11.6. The van der Waals surface area contributed by atoms with Crippen molar-refractivity contribution in [3.8, 4) is 34.3 Å². The molecule has 2 aliphatic heterocycles. The van der Waals surface area contributed by atoms with E-state index in [0.29, 0.717) is 11.3 Å². The topological polar surface area (TPSA) is 218 Å². The zero-order valence-electron chi connectivity index (χ0n) is 25.6. The third kappa shape index (κ3) is 6.43. The first-order chi connectivity index (χ1) is 21.8. The molecule has 0 aliphatic carbocycles. The first kappa shape index (κ1) is 33.6. The minimum Gasteiger partial charge on any atom is -0.507 e. The minimum atomic E-state index is -1.75. The molecule has 9 atom stereocenters. The lowest BCUT2D eigenvalue weighted by Crippen LogP contribution is -2.62. The van der Waals surface area contributed by atoms with Crippen molar-refractivity contribution in [2.45, 2.75) is 82.5 Å². The summed E-state index contributed by atoms with van der Waals surface area (Å²) in [7, 11) is 1.48. The maximum absolute atomic E-state index is 14.2. The highest BCUT2D eigenvalue weighted by Crippen LogP contribution is 2.40. The Balaban J connectivity index is 1.65. The second kappa shape index (κ2) is 13.6. The molecule has 46 heavy (non-hydrogen) atoms. The highest BCUT2D eigenvalue weighted by molar-refractivity contribution is 5.91. The van der Waals surface area contributed by atoms with Crippen molar-refractivity contribution in [2.24, 2.45) is 0 Å². The van der Waals surface area contributed by atoms with E-state index in [0.717, 1.165) is 11.6 Å². The van der Waals surface area contributed by atoms with E-state index >= 15 is 0 Å². The maximum atomic E-state index is 14.2. The van der Waals surface area contributed by atoms with Crippen molar-refractivity contribution in [1.82, 2.24) is 0 Å². The van der Waals surface area contributed by atoms with Gasteiger partial charge in [-0.3, -0.25) is 4.79 Å². The van der Waals surface area contributed by atoms with E-state index in [2.05, 4.69) is 0 Å². The lowest BCUT2D eigenvalue weighted by Gasteiger charge is -2.44. The fraction of sp³-hybridized carbons (Fsp3) is 0.469. The molecule has 2 aromatic carbocycles. The summed E-state index contributed by atoms with van der Waals surface area (Å²) in [6, 6.07) is 7.42. The van der Waals surface area contributed by atoms with Gasteiger partial charge in [-0.25, -0.2) is 0 Å². The summed E-state index contributed by atoms with van der Waals surface area (Å²) in [5, 5.41) is 73.3. The number of aromatic hydroxyl groups is 2. The van der Waals surface area contributed by atoms with Gasteiger partial charge >= 0.3 is 0 Å². The van der Waals surface area contributed by atoms with E-state index in [1.807, 2.05) is 19.9 Å². The number of aliphatic hydroxyl groups is 5. The monoisotopic (exact) mass is 646 g/mol. The molecule has 3 aromatic rings. The number of phenolic OH excluding ortho intramolecular Hbond substituents is 2. The predicted octanol–water partition coefficient (Wildman–Crippen LogP) is 1.06. The van der Waals surface area contributed by atoms with Crippen LogP contribution < -0.4 is 14.9 Å². The van der Waals surface area contributed by atoms with Crippen LogP contribution in [0.4, 0.5) is 0 Å². The van der Waals surface area contributed by atoms with E-state index in [-0.39, 0.29) is 34.5 Å². The lowest BCUT2D eigenvalue weighted by atomic mass is 9.99. The molecule has 250 valence electrons. The molecule has 2 aliphatic rings. The van der Waals surface area contributed by atoms with Gasteiger partial charge in [-0.2, -0.15) is 0 Å². The number of aliphatic hydroxyl groups excluding tert-OH is 5. The van der Waals surface area contributed by atoms with E-state index in [4.69, 9.17) is 28.1 Å². The maximum Gasteiger partial charge on any atom is 0.239 e. The number of phenols is 2. The first-order valence-corrected chi connectivity index (χ1v) is 14.6. The number of ether oxygens (including phenoxy) is 5. The largest absolute Gasteiger partial charge is 0.507 e. The molecule has 3 heterocycles. The zero-order chi connectivity index (χ0) is 33.4. The van der Waals surface area contributed by atoms with E-state index in [9.17, 15) is 40.5 Å². The van der Waals surface area contributed by atoms with Crippen molar-refractivity contribution in [2.75, 3.05) is 13.7 Å². The van der Waals surface area contributed by atoms with Gasteiger partial charge in [-0.15, -0.1) is 0 Å². The molecule has 14 nitrogen and oxygen atoms in total. The highest BCUT2D eigenvalue weighted by atomic mass is 16.8. The van der Waals surface area contributed by atoms with Crippen molar-refractivity contribution in [3.05, 3.63) is 57.8 Å². The third-order valence-electron chi connectivity index (χ3n) is 8.01. The Morgan fingerprint density at radius 1 is 0.957 bits per heavy atom. The fourth-order valence-corrected chi connectivity index (χ4v) is 5.32. The standard InChI is InChI=1S/C32H38O14/c1-13(2)5-10-17-18(33)11-19(34)21-24(38)29(27(44-28(17)21)15-6-8-16(41-4)9-7-15)45-32-30(25(39)22(36)14(3)43-32)46-31-26(40)23(37)20(35)12-42-31/h5-9,11,14,20,22-23,25-26,30-37,39-40H,10,12H2,1-4H3/t14-,20+,22-,23-,25+,26+,30+,31-,32-/m1/s1. The molecule has 0 spiro atoms. The van der Waals surface area contributed by atoms with Crippen LogP contribution in [0.15, 0.2) is 51.2 Å². The predicted molar refractivity (Wildman–Crippen MR) is 161 cm³/mol. The van der Waals surface area contributed by atoms with Gasteiger partial charge < -0.3 is 63.8 Å².